The topological polar surface area (TPSA) is 76.7 Å². The van der Waals surface area contributed by atoms with Crippen LogP contribution >= 0.6 is 0 Å². The van der Waals surface area contributed by atoms with Crippen molar-refractivity contribution in [3.63, 3.8) is 0 Å². The first kappa shape index (κ1) is 25.5. The third-order valence-corrected chi connectivity index (χ3v) is 6.57. The predicted molar refractivity (Wildman–Crippen MR) is 136 cm³/mol. The van der Waals surface area contributed by atoms with Gasteiger partial charge in [-0.1, -0.05) is 64.7 Å². The zero-order valence-electron chi connectivity index (χ0n) is 20.5. The van der Waals surface area contributed by atoms with Crippen LogP contribution in [0.2, 0.25) is 0 Å². The number of phenolic OH excluding ortho intramolecular Hbond substituents is 1. The van der Waals surface area contributed by atoms with E-state index in [1.165, 1.54) is 12.0 Å². The van der Waals surface area contributed by atoms with Crippen LogP contribution in [-0.2, 0) is 4.74 Å². The number of benzene rings is 2. The molecule has 3 aromatic rings. The number of unbranched alkanes of at least 4 members (excludes halogenated alkanes) is 4. The van der Waals surface area contributed by atoms with Crippen molar-refractivity contribution in [2.75, 3.05) is 6.61 Å². The molecular weight excluding hydrogens is 428 g/mol. The Bertz CT molecular complexity index is 1130. The fourth-order valence-corrected chi connectivity index (χ4v) is 4.69. The number of fused-ring (bicyclic) bond motifs is 1. The van der Waals surface area contributed by atoms with Gasteiger partial charge in [-0.2, -0.15) is 0 Å². The lowest BCUT2D eigenvalue weighted by atomic mass is 9.78. The van der Waals surface area contributed by atoms with Crippen molar-refractivity contribution in [2.24, 2.45) is 0 Å². The molecule has 3 rings (SSSR count). The van der Waals surface area contributed by atoms with Crippen LogP contribution in [0.4, 0.5) is 0 Å². The van der Waals surface area contributed by atoms with Gasteiger partial charge in [-0.25, -0.2) is 9.59 Å². The highest BCUT2D eigenvalue weighted by molar-refractivity contribution is 5.93. The molecular formula is C29H36O5. The van der Waals surface area contributed by atoms with E-state index in [9.17, 15) is 14.7 Å². The normalized spacial score (nSPS) is 13.0. The largest absolute Gasteiger partial charge is 0.508 e. The molecule has 0 aliphatic carbocycles. The van der Waals surface area contributed by atoms with Gasteiger partial charge in [0.1, 0.15) is 16.9 Å². The summed E-state index contributed by atoms with van der Waals surface area (Å²) < 4.78 is 10.8. The van der Waals surface area contributed by atoms with E-state index in [1.807, 2.05) is 24.3 Å². The van der Waals surface area contributed by atoms with Crippen LogP contribution in [0.5, 0.6) is 5.75 Å². The molecule has 0 radical (unpaired) electrons. The number of carbonyl (C=O) groups is 1. The van der Waals surface area contributed by atoms with Gasteiger partial charge in [0.15, 0.2) is 0 Å². The smallest absolute Gasteiger partial charge is 0.351 e. The number of hydrogen-bond donors (Lipinski definition) is 1. The Morgan fingerprint density at radius 1 is 0.882 bits per heavy atom. The summed E-state index contributed by atoms with van der Waals surface area (Å²) in [6.07, 6.45) is 7.13. The number of phenols is 1. The van der Waals surface area contributed by atoms with E-state index in [0.29, 0.717) is 17.6 Å². The monoisotopic (exact) mass is 464 g/mol. The van der Waals surface area contributed by atoms with Crippen LogP contribution in [0.3, 0.4) is 0 Å². The lowest BCUT2D eigenvalue weighted by molar-refractivity contribution is 0.0493. The van der Waals surface area contributed by atoms with Gasteiger partial charge < -0.3 is 14.3 Å². The highest BCUT2D eigenvalue weighted by Gasteiger charge is 2.23. The Kier molecular flexibility index (Phi) is 9.32. The molecule has 0 bridgehead atoms. The first-order valence-corrected chi connectivity index (χ1v) is 12.5. The highest BCUT2D eigenvalue weighted by Crippen LogP contribution is 2.39. The van der Waals surface area contributed by atoms with Gasteiger partial charge in [0.05, 0.1) is 6.61 Å². The van der Waals surface area contributed by atoms with E-state index in [1.54, 1.807) is 24.3 Å². The molecule has 1 heterocycles. The van der Waals surface area contributed by atoms with Crippen LogP contribution in [0.25, 0.3) is 11.0 Å². The minimum atomic E-state index is -0.668. The molecule has 34 heavy (non-hydrogen) atoms. The van der Waals surface area contributed by atoms with Crippen molar-refractivity contribution >= 4 is 16.9 Å². The summed E-state index contributed by atoms with van der Waals surface area (Å²) >= 11 is 0. The van der Waals surface area contributed by atoms with Crippen molar-refractivity contribution in [1.82, 2.24) is 0 Å². The standard InChI is InChI=1S/C29H36O5/c1-4-7-8-9-10-17-33-28(31)26-19-22-18-21(13-16-27(22)34-29(26)32)25(6-3)24(5-2)20-11-14-23(30)15-12-20/h11-16,18-19,24-25,30H,4-10,17H2,1-3H3/t24-,25-/m1/s1. The van der Waals surface area contributed by atoms with Crippen LogP contribution in [-0.4, -0.2) is 17.7 Å². The second-order valence-electron chi connectivity index (χ2n) is 8.92. The maximum Gasteiger partial charge on any atom is 0.351 e. The molecule has 2 aromatic carbocycles. The van der Waals surface area contributed by atoms with E-state index >= 15 is 0 Å². The first-order chi connectivity index (χ1) is 16.5. The molecule has 0 amide bonds. The Hall–Kier alpha value is -3.08. The Balaban J connectivity index is 1.83. The molecule has 0 saturated carbocycles. The molecule has 5 nitrogen and oxygen atoms in total. The Morgan fingerprint density at radius 2 is 1.53 bits per heavy atom. The predicted octanol–water partition coefficient (Wildman–Crippen LogP) is 7.31. The molecule has 1 aromatic heterocycles. The van der Waals surface area contributed by atoms with E-state index in [2.05, 4.69) is 20.8 Å². The summed E-state index contributed by atoms with van der Waals surface area (Å²) in [5, 5.41) is 10.4. The zero-order valence-corrected chi connectivity index (χ0v) is 20.5. The fraction of sp³-hybridized carbons (Fsp3) is 0.448. The van der Waals surface area contributed by atoms with Gasteiger partial charge in [0.2, 0.25) is 0 Å². The lowest BCUT2D eigenvalue weighted by Crippen LogP contribution is -2.17. The number of esters is 1. The zero-order chi connectivity index (χ0) is 24.5. The van der Waals surface area contributed by atoms with E-state index in [0.717, 1.165) is 44.1 Å². The molecule has 5 heteroatoms. The number of aromatic hydroxyl groups is 1. The second-order valence-corrected chi connectivity index (χ2v) is 8.92. The van der Waals surface area contributed by atoms with Crippen LogP contribution in [0.15, 0.2) is 57.7 Å². The van der Waals surface area contributed by atoms with Crippen molar-refractivity contribution in [1.29, 1.82) is 0 Å². The molecule has 0 saturated heterocycles. The van der Waals surface area contributed by atoms with Crippen molar-refractivity contribution < 1.29 is 19.1 Å². The van der Waals surface area contributed by atoms with Crippen LogP contribution in [0.1, 0.15) is 99.0 Å². The summed E-state index contributed by atoms with van der Waals surface area (Å²) in [4.78, 5) is 24.9. The van der Waals surface area contributed by atoms with Gasteiger partial charge in [-0.15, -0.1) is 0 Å². The molecule has 0 spiro atoms. The summed E-state index contributed by atoms with van der Waals surface area (Å²) in [5.74, 6) is 0.146. The van der Waals surface area contributed by atoms with E-state index in [-0.39, 0.29) is 23.1 Å². The van der Waals surface area contributed by atoms with Crippen molar-refractivity contribution in [3.05, 3.63) is 75.6 Å². The Morgan fingerprint density at radius 3 is 2.21 bits per heavy atom. The summed E-state index contributed by atoms with van der Waals surface area (Å²) in [5.41, 5.74) is 2.03. The molecule has 0 aliphatic rings. The highest BCUT2D eigenvalue weighted by atomic mass is 16.5. The second kappa shape index (κ2) is 12.4. The molecule has 0 fully saturated rings. The van der Waals surface area contributed by atoms with Crippen molar-refractivity contribution in [3.8, 4) is 5.75 Å². The Labute approximate surface area is 201 Å². The molecule has 0 aliphatic heterocycles. The number of ether oxygens (including phenoxy) is 1. The number of hydrogen-bond acceptors (Lipinski definition) is 5. The van der Waals surface area contributed by atoms with Crippen molar-refractivity contribution in [2.45, 2.75) is 77.6 Å². The minimum absolute atomic E-state index is 0.0585. The third-order valence-electron chi connectivity index (χ3n) is 6.57. The fourth-order valence-electron chi connectivity index (χ4n) is 4.69. The minimum Gasteiger partial charge on any atom is -0.508 e. The molecule has 182 valence electrons. The van der Waals surface area contributed by atoms with Gasteiger partial charge >= 0.3 is 11.6 Å². The number of carbonyl (C=O) groups excluding carboxylic acids is 1. The van der Waals surface area contributed by atoms with E-state index in [4.69, 9.17) is 9.15 Å². The quantitative estimate of drug-likeness (QED) is 0.173. The maximum atomic E-state index is 12.5. The van der Waals surface area contributed by atoms with Gasteiger partial charge in [0.25, 0.3) is 0 Å². The van der Waals surface area contributed by atoms with Crippen LogP contribution < -0.4 is 5.63 Å². The van der Waals surface area contributed by atoms with Crippen LogP contribution in [0, 0.1) is 0 Å². The van der Waals surface area contributed by atoms with E-state index < -0.39 is 11.6 Å². The molecule has 0 unspecified atom stereocenters. The summed E-state index contributed by atoms with van der Waals surface area (Å²) in [7, 11) is 0. The number of rotatable bonds is 12. The first-order valence-electron chi connectivity index (χ1n) is 12.5. The lowest BCUT2D eigenvalue weighted by Gasteiger charge is -2.26. The van der Waals surface area contributed by atoms with Gasteiger partial charge in [-0.05, 0) is 72.6 Å². The third kappa shape index (κ3) is 6.28. The average Bonchev–Trinajstić information content (AvgIpc) is 2.84. The summed E-state index contributed by atoms with van der Waals surface area (Å²) in [6.45, 7) is 6.79. The molecule has 1 N–H and O–H groups in total. The summed E-state index contributed by atoms with van der Waals surface area (Å²) in [6, 6.07) is 14.8. The maximum absolute atomic E-state index is 12.5. The average molecular weight is 465 g/mol. The molecule has 2 atom stereocenters. The SMILES string of the molecule is CCCCCCCOC(=O)c1cc2cc([C@@H](CC)[C@H](CC)c3ccc(O)cc3)ccc2oc1=O. The van der Waals surface area contributed by atoms with Gasteiger partial charge in [-0.3, -0.25) is 0 Å². The van der Waals surface area contributed by atoms with Gasteiger partial charge in [0, 0.05) is 5.39 Å².